The maximum atomic E-state index is 5.85. The van der Waals surface area contributed by atoms with E-state index in [1.807, 2.05) is 31.1 Å². The van der Waals surface area contributed by atoms with Gasteiger partial charge in [-0.2, -0.15) is 0 Å². The van der Waals surface area contributed by atoms with Crippen LogP contribution in [0.5, 0.6) is 5.75 Å². The molecule has 0 aromatic carbocycles. The molecule has 0 aliphatic carbocycles. The molecule has 4 heteroatoms. The van der Waals surface area contributed by atoms with E-state index in [9.17, 15) is 0 Å². The highest BCUT2D eigenvalue weighted by Crippen LogP contribution is 2.17. The fraction of sp³-hybridized carbons (Fsp3) is 0.583. The lowest BCUT2D eigenvalue weighted by Gasteiger charge is -2.24. The number of hydrogen-bond donors (Lipinski definition) is 1. The van der Waals surface area contributed by atoms with Crippen LogP contribution in [0.25, 0.3) is 0 Å². The van der Waals surface area contributed by atoms with E-state index >= 15 is 0 Å². The van der Waals surface area contributed by atoms with E-state index in [0.29, 0.717) is 6.10 Å². The molecule has 0 radical (unpaired) electrons. The van der Waals surface area contributed by atoms with Crippen molar-refractivity contribution >= 4 is 5.82 Å². The molecule has 0 bridgehead atoms. The van der Waals surface area contributed by atoms with Gasteiger partial charge in [0.05, 0.1) is 6.20 Å². The second-order valence-electron chi connectivity index (χ2n) is 4.33. The van der Waals surface area contributed by atoms with Gasteiger partial charge >= 0.3 is 0 Å². The Morgan fingerprint density at radius 1 is 1.44 bits per heavy atom. The van der Waals surface area contributed by atoms with Crippen LogP contribution < -0.4 is 15.0 Å². The molecule has 0 saturated carbocycles. The van der Waals surface area contributed by atoms with Gasteiger partial charge < -0.3 is 15.0 Å². The summed E-state index contributed by atoms with van der Waals surface area (Å²) < 4.78 is 5.85. The van der Waals surface area contributed by atoms with E-state index in [2.05, 4.69) is 10.3 Å². The molecule has 1 saturated heterocycles. The summed E-state index contributed by atoms with van der Waals surface area (Å²) in [5.41, 5.74) is 0. The first-order valence-corrected chi connectivity index (χ1v) is 5.76. The summed E-state index contributed by atoms with van der Waals surface area (Å²) in [5, 5.41) is 3.33. The number of rotatable bonds is 3. The normalized spacial score (nSPS) is 20.5. The van der Waals surface area contributed by atoms with E-state index in [-0.39, 0.29) is 0 Å². The first-order valence-electron chi connectivity index (χ1n) is 5.76. The molecule has 1 aliphatic rings. The minimum Gasteiger partial charge on any atom is -0.487 e. The third-order valence-corrected chi connectivity index (χ3v) is 2.73. The predicted octanol–water partition coefficient (Wildman–Crippen LogP) is 1.28. The van der Waals surface area contributed by atoms with E-state index < -0.39 is 0 Å². The number of anilines is 1. The molecule has 1 aromatic heterocycles. The van der Waals surface area contributed by atoms with Gasteiger partial charge in [0.25, 0.3) is 0 Å². The van der Waals surface area contributed by atoms with Gasteiger partial charge in [0.15, 0.2) is 0 Å². The Labute approximate surface area is 96.6 Å². The maximum Gasteiger partial charge on any atom is 0.138 e. The first-order chi connectivity index (χ1) is 7.75. The molecule has 1 atom stereocenters. The van der Waals surface area contributed by atoms with Crippen molar-refractivity contribution in [3.05, 3.63) is 18.3 Å². The number of aromatic nitrogens is 1. The molecule has 1 aliphatic heterocycles. The highest BCUT2D eigenvalue weighted by Gasteiger charge is 2.14. The van der Waals surface area contributed by atoms with Crippen LogP contribution >= 0.6 is 0 Å². The lowest BCUT2D eigenvalue weighted by molar-refractivity contribution is 0.166. The molecule has 2 heterocycles. The van der Waals surface area contributed by atoms with Gasteiger partial charge in [-0.15, -0.1) is 0 Å². The minimum atomic E-state index is 0.292. The monoisotopic (exact) mass is 221 g/mol. The number of hydrogen-bond acceptors (Lipinski definition) is 4. The van der Waals surface area contributed by atoms with Gasteiger partial charge in [0, 0.05) is 20.6 Å². The molecular formula is C12H19N3O. The third kappa shape index (κ3) is 2.85. The number of pyridine rings is 1. The second-order valence-corrected chi connectivity index (χ2v) is 4.33. The molecule has 4 nitrogen and oxygen atoms in total. The minimum absolute atomic E-state index is 0.292. The molecule has 88 valence electrons. The van der Waals surface area contributed by atoms with Gasteiger partial charge in [-0.25, -0.2) is 4.98 Å². The molecule has 2 rings (SSSR count). The Bertz CT molecular complexity index is 318. The Hall–Kier alpha value is -1.29. The van der Waals surface area contributed by atoms with Crippen molar-refractivity contribution in [2.45, 2.75) is 18.9 Å². The van der Waals surface area contributed by atoms with Crippen LogP contribution in [0, 0.1) is 0 Å². The van der Waals surface area contributed by atoms with Crippen molar-refractivity contribution in [3.8, 4) is 5.75 Å². The topological polar surface area (TPSA) is 37.4 Å². The van der Waals surface area contributed by atoms with Crippen molar-refractivity contribution in [1.29, 1.82) is 0 Å². The summed E-state index contributed by atoms with van der Waals surface area (Å²) in [4.78, 5) is 6.30. The second kappa shape index (κ2) is 5.16. The van der Waals surface area contributed by atoms with E-state index in [1.54, 1.807) is 6.20 Å². The Morgan fingerprint density at radius 2 is 2.31 bits per heavy atom. The number of nitrogens with one attached hydrogen (secondary N) is 1. The summed E-state index contributed by atoms with van der Waals surface area (Å²) >= 11 is 0. The Kier molecular flexibility index (Phi) is 3.62. The van der Waals surface area contributed by atoms with Crippen molar-refractivity contribution in [3.63, 3.8) is 0 Å². The van der Waals surface area contributed by atoms with Crippen LogP contribution in [0.2, 0.25) is 0 Å². The first kappa shape index (κ1) is 11.2. The zero-order valence-corrected chi connectivity index (χ0v) is 9.94. The van der Waals surface area contributed by atoms with Crippen molar-refractivity contribution in [2.24, 2.45) is 0 Å². The maximum absolute atomic E-state index is 5.85. The number of nitrogens with zero attached hydrogens (tertiary/aromatic N) is 2. The van der Waals surface area contributed by atoms with Crippen LogP contribution in [0.1, 0.15) is 12.8 Å². The van der Waals surface area contributed by atoms with E-state index in [0.717, 1.165) is 31.1 Å². The molecule has 16 heavy (non-hydrogen) atoms. The summed E-state index contributed by atoms with van der Waals surface area (Å²) in [6, 6.07) is 3.96. The van der Waals surface area contributed by atoms with Crippen LogP contribution in [0.4, 0.5) is 5.82 Å². The smallest absolute Gasteiger partial charge is 0.138 e. The summed E-state index contributed by atoms with van der Waals surface area (Å²) in [7, 11) is 3.96. The molecule has 0 amide bonds. The van der Waals surface area contributed by atoms with Crippen LogP contribution in [0.15, 0.2) is 18.3 Å². The SMILES string of the molecule is CN(C)c1ccc(OC2CCCNC2)cn1. The zero-order chi connectivity index (χ0) is 11.4. The van der Waals surface area contributed by atoms with Crippen LogP contribution in [-0.4, -0.2) is 38.3 Å². The van der Waals surface area contributed by atoms with E-state index in [1.165, 1.54) is 6.42 Å². The fourth-order valence-electron chi connectivity index (χ4n) is 1.82. The van der Waals surface area contributed by atoms with Gasteiger partial charge in [0.1, 0.15) is 17.7 Å². The van der Waals surface area contributed by atoms with Crippen molar-refractivity contribution < 1.29 is 4.74 Å². The van der Waals surface area contributed by atoms with Gasteiger partial charge in [-0.1, -0.05) is 0 Å². The molecule has 0 spiro atoms. The largest absolute Gasteiger partial charge is 0.487 e. The van der Waals surface area contributed by atoms with Gasteiger partial charge in [0.2, 0.25) is 0 Å². The average molecular weight is 221 g/mol. The molecular weight excluding hydrogens is 202 g/mol. The Morgan fingerprint density at radius 3 is 2.88 bits per heavy atom. The number of ether oxygens (including phenoxy) is 1. The van der Waals surface area contributed by atoms with Crippen LogP contribution in [0.3, 0.4) is 0 Å². The summed E-state index contributed by atoms with van der Waals surface area (Å²) in [5.74, 6) is 1.81. The average Bonchev–Trinajstić information content (AvgIpc) is 2.31. The summed E-state index contributed by atoms with van der Waals surface area (Å²) in [6.45, 7) is 2.05. The fourth-order valence-corrected chi connectivity index (χ4v) is 1.82. The van der Waals surface area contributed by atoms with Gasteiger partial charge in [-0.05, 0) is 31.5 Å². The highest BCUT2D eigenvalue weighted by atomic mass is 16.5. The molecule has 1 fully saturated rings. The summed E-state index contributed by atoms with van der Waals surface area (Å²) in [6.07, 6.45) is 4.40. The van der Waals surface area contributed by atoms with Gasteiger partial charge in [-0.3, -0.25) is 0 Å². The lowest BCUT2D eigenvalue weighted by Crippen LogP contribution is -2.37. The third-order valence-electron chi connectivity index (χ3n) is 2.73. The predicted molar refractivity (Wildman–Crippen MR) is 65.1 cm³/mol. The number of piperidine rings is 1. The molecule has 1 unspecified atom stereocenters. The van der Waals surface area contributed by atoms with Crippen LogP contribution in [-0.2, 0) is 0 Å². The van der Waals surface area contributed by atoms with Crippen molar-refractivity contribution in [1.82, 2.24) is 10.3 Å². The quantitative estimate of drug-likeness (QED) is 0.834. The molecule has 1 aromatic rings. The standard InChI is InChI=1S/C12H19N3O/c1-15(2)12-6-5-11(9-14-12)16-10-4-3-7-13-8-10/h5-6,9-10,13H,3-4,7-8H2,1-2H3. The zero-order valence-electron chi connectivity index (χ0n) is 9.94. The molecule has 1 N–H and O–H groups in total. The highest BCUT2D eigenvalue weighted by molar-refractivity contribution is 5.38. The van der Waals surface area contributed by atoms with E-state index in [4.69, 9.17) is 4.74 Å². The van der Waals surface area contributed by atoms with Crippen molar-refractivity contribution in [2.75, 3.05) is 32.1 Å². The Balaban J connectivity index is 1.93. The lowest BCUT2D eigenvalue weighted by atomic mass is 10.1.